The van der Waals surface area contributed by atoms with Crippen molar-refractivity contribution in [3.63, 3.8) is 0 Å². The zero-order valence-electron chi connectivity index (χ0n) is 17.4. The second-order valence-electron chi connectivity index (χ2n) is 9.65. The van der Waals surface area contributed by atoms with Gasteiger partial charge >= 0.3 is 0 Å². The average molecular weight is 400 g/mol. The van der Waals surface area contributed by atoms with Crippen LogP contribution in [0.3, 0.4) is 0 Å². The minimum absolute atomic E-state index is 0.0526. The van der Waals surface area contributed by atoms with Gasteiger partial charge in [-0.2, -0.15) is 0 Å². The Labute approximate surface area is 166 Å². The molecule has 0 heterocycles. The van der Waals surface area contributed by atoms with Gasteiger partial charge in [0.05, 0.1) is 5.25 Å². The highest BCUT2D eigenvalue weighted by molar-refractivity contribution is 7.90. The quantitative estimate of drug-likeness (QED) is 0.690. The number of nitrogens with zero attached hydrogens (tertiary/aromatic N) is 1. The molecule has 0 amide bonds. The van der Waals surface area contributed by atoms with Gasteiger partial charge in [-0.1, -0.05) is 44.9 Å². The van der Waals surface area contributed by atoms with Gasteiger partial charge in [0.1, 0.15) is 0 Å². The minimum atomic E-state index is -3.29. The van der Waals surface area contributed by atoms with E-state index in [1.165, 1.54) is 44.9 Å². The minimum Gasteiger partial charge on any atom is -0.327 e. The lowest BCUT2D eigenvalue weighted by molar-refractivity contribution is 0.0713. The molecule has 5 nitrogen and oxygen atoms in total. The number of fused-ring (bicyclic) bond motifs is 1. The highest BCUT2D eigenvalue weighted by Gasteiger charge is 2.45. The average Bonchev–Trinajstić information content (AvgIpc) is 2.66. The topological polar surface area (TPSA) is 75.4 Å². The van der Waals surface area contributed by atoms with E-state index < -0.39 is 10.0 Å². The number of hydrogen-bond acceptors (Lipinski definition) is 4. The molecule has 0 bridgehead atoms. The highest BCUT2D eigenvalue weighted by Crippen LogP contribution is 2.44. The number of nitrogens with one attached hydrogen (secondary N) is 1. The maximum absolute atomic E-state index is 13.1. The summed E-state index contributed by atoms with van der Waals surface area (Å²) in [6.07, 6.45) is 13.9. The van der Waals surface area contributed by atoms with Gasteiger partial charge in [-0.05, 0) is 64.0 Å². The predicted molar refractivity (Wildman–Crippen MR) is 112 cm³/mol. The summed E-state index contributed by atoms with van der Waals surface area (Å²) in [5, 5.41) is -0.221. The van der Waals surface area contributed by atoms with E-state index in [4.69, 9.17) is 5.73 Å². The van der Waals surface area contributed by atoms with Crippen LogP contribution in [0.4, 0.5) is 0 Å². The molecule has 4 unspecified atom stereocenters. The van der Waals surface area contributed by atoms with Gasteiger partial charge in [-0.15, -0.1) is 0 Å². The van der Waals surface area contributed by atoms with Crippen LogP contribution in [0, 0.1) is 17.8 Å². The Kier molecular flexibility index (Phi) is 7.62. The fourth-order valence-electron chi connectivity index (χ4n) is 6.20. The summed E-state index contributed by atoms with van der Waals surface area (Å²) >= 11 is 0. The summed E-state index contributed by atoms with van der Waals surface area (Å²) in [7, 11) is 1.01. The molecule has 27 heavy (non-hydrogen) atoms. The molecule has 0 aromatic heterocycles. The first kappa shape index (κ1) is 21.5. The lowest BCUT2D eigenvalue weighted by Crippen LogP contribution is -2.52. The zero-order valence-corrected chi connectivity index (χ0v) is 18.2. The standard InChI is InChI=1S/C21H41N3O2S/c1-24(2)20-12-6-11-19-18(20)10-7-13-21(19)27(25,26)23-15-17(22)14-16-8-4-3-5-9-16/h16-21,23H,3-15,22H2,1-2H3/t17-,18?,19?,20?,21?/m0/s1. The summed E-state index contributed by atoms with van der Waals surface area (Å²) in [5.74, 6) is 1.53. The highest BCUT2D eigenvalue weighted by atomic mass is 32.2. The molecule has 6 heteroatoms. The first-order valence-electron chi connectivity index (χ1n) is 11.3. The molecule has 0 aliphatic heterocycles. The molecule has 3 rings (SSSR count). The van der Waals surface area contributed by atoms with Gasteiger partial charge in [0, 0.05) is 18.6 Å². The summed E-state index contributed by atoms with van der Waals surface area (Å²) in [5.41, 5.74) is 6.30. The molecule has 0 aromatic carbocycles. The van der Waals surface area contributed by atoms with Crippen LogP contribution < -0.4 is 10.5 Å². The van der Waals surface area contributed by atoms with Crippen molar-refractivity contribution in [2.45, 2.75) is 94.4 Å². The molecule has 3 aliphatic carbocycles. The molecule has 3 N–H and O–H groups in total. The predicted octanol–water partition coefficient (Wildman–Crippen LogP) is 3.10. The molecule has 158 valence electrons. The van der Waals surface area contributed by atoms with Crippen molar-refractivity contribution in [3.8, 4) is 0 Å². The van der Waals surface area contributed by atoms with Crippen LogP contribution in [0.15, 0.2) is 0 Å². The second-order valence-corrected chi connectivity index (χ2v) is 11.6. The molecule has 0 aromatic rings. The maximum Gasteiger partial charge on any atom is 0.214 e. The van der Waals surface area contributed by atoms with E-state index in [0.717, 1.165) is 32.1 Å². The van der Waals surface area contributed by atoms with Crippen molar-refractivity contribution < 1.29 is 8.42 Å². The lowest BCUT2D eigenvalue weighted by atomic mass is 9.68. The molecule has 3 fully saturated rings. The van der Waals surface area contributed by atoms with Gasteiger partial charge in [-0.25, -0.2) is 13.1 Å². The largest absolute Gasteiger partial charge is 0.327 e. The van der Waals surface area contributed by atoms with Crippen LogP contribution in [0.5, 0.6) is 0 Å². The van der Waals surface area contributed by atoms with Gasteiger partial charge < -0.3 is 10.6 Å². The Morgan fingerprint density at radius 3 is 2.30 bits per heavy atom. The van der Waals surface area contributed by atoms with E-state index in [-0.39, 0.29) is 11.3 Å². The molecule has 0 radical (unpaired) electrons. The van der Waals surface area contributed by atoms with Gasteiger partial charge in [0.2, 0.25) is 10.0 Å². The Balaban J connectivity index is 1.56. The van der Waals surface area contributed by atoms with E-state index in [1.807, 2.05) is 0 Å². The Hall–Kier alpha value is -0.170. The number of rotatable bonds is 7. The lowest BCUT2D eigenvalue weighted by Gasteiger charge is -2.47. The molecule has 0 spiro atoms. The fraction of sp³-hybridized carbons (Fsp3) is 1.00. The van der Waals surface area contributed by atoms with E-state index >= 15 is 0 Å². The summed E-state index contributed by atoms with van der Waals surface area (Å²) in [6.45, 7) is 0.407. The van der Waals surface area contributed by atoms with Crippen molar-refractivity contribution in [1.82, 2.24) is 9.62 Å². The first-order chi connectivity index (χ1) is 12.9. The van der Waals surface area contributed by atoms with Gasteiger partial charge in [-0.3, -0.25) is 0 Å². The normalized spacial score (nSPS) is 34.4. The number of hydrogen-bond donors (Lipinski definition) is 2. The van der Waals surface area contributed by atoms with Crippen molar-refractivity contribution in [2.24, 2.45) is 23.5 Å². The van der Waals surface area contributed by atoms with Crippen molar-refractivity contribution in [2.75, 3.05) is 20.6 Å². The first-order valence-corrected chi connectivity index (χ1v) is 12.8. The van der Waals surface area contributed by atoms with Gasteiger partial charge in [0.25, 0.3) is 0 Å². The van der Waals surface area contributed by atoms with Crippen LogP contribution >= 0.6 is 0 Å². The van der Waals surface area contributed by atoms with E-state index in [1.54, 1.807) is 0 Å². The molecule has 5 atom stereocenters. The summed E-state index contributed by atoms with van der Waals surface area (Å²) in [6, 6.07) is 0.485. The van der Waals surface area contributed by atoms with Crippen molar-refractivity contribution in [3.05, 3.63) is 0 Å². The van der Waals surface area contributed by atoms with Crippen LogP contribution in [0.1, 0.15) is 77.0 Å². The molecule has 3 aliphatic rings. The molecular weight excluding hydrogens is 358 g/mol. The third-order valence-electron chi connectivity index (χ3n) is 7.55. The molecule has 0 saturated heterocycles. The zero-order chi connectivity index (χ0) is 19.4. The smallest absolute Gasteiger partial charge is 0.214 e. The van der Waals surface area contributed by atoms with Gasteiger partial charge in [0.15, 0.2) is 0 Å². The van der Waals surface area contributed by atoms with Crippen LogP contribution in [0.2, 0.25) is 0 Å². The Morgan fingerprint density at radius 2 is 1.59 bits per heavy atom. The number of nitrogens with two attached hydrogens (primary N) is 1. The SMILES string of the molecule is CN(C)C1CCCC2C1CCCC2S(=O)(=O)NC[C@@H](N)CC1CCCCC1. The summed E-state index contributed by atoms with van der Waals surface area (Å²) < 4.78 is 29.2. The van der Waals surface area contributed by atoms with Crippen molar-refractivity contribution in [1.29, 1.82) is 0 Å². The molecule has 3 saturated carbocycles. The number of sulfonamides is 1. The third-order valence-corrected chi connectivity index (χ3v) is 9.51. The van der Waals surface area contributed by atoms with Crippen LogP contribution in [-0.2, 0) is 10.0 Å². The van der Waals surface area contributed by atoms with Crippen LogP contribution in [0.25, 0.3) is 0 Å². The maximum atomic E-state index is 13.1. The fourth-order valence-corrected chi connectivity index (χ4v) is 8.14. The monoisotopic (exact) mass is 399 g/mol. The van der Waals surface area contributed by atoms with E-state index in [2.05, 4.69) is 23.7 Å². The third kappa shape index (κ3) is 5.46. The van der Waals surface area contributed by atoms with E-state index in [0.29, 0.717) is 30.3 Å². The second kappa shape index (κ2) is 9.55. The Morgan fingerprint density at radius 1 is 0.926 bits per heavy atom. The summed E-state index contributed by atoms with van der Waals surface area (Å²) in [4.78, 5) is 2.32. The molecular formula is C21H41N3O2S. The van der Waals surface area contributed by atoms with E-state index in [9.17, 15) is 8.42 Å². The van der Waals surface area contributed by atoms with Crippen LogP contribution in [-0.4, -0.2) is 51.3 Å². The van der Waals surface area contributed by atoms with Crippen molar-refractivity contribution >= 4 is 10.0 Å². The Bertz CT molecular complexity index is 560.